The van der Waals surface area contributed by atoms with E-state index >= 15 is 0 Å². The van der Waals surface area contributed by atoms with Crippen LogP contribution in [0.15, 0.2) is 170 Å². The van der Waals surface area contributed by atoms with Gasteiger partial charge in [-0.25, -0.2) is 0 Å². The predicted octanol–water partition coefficient (Wildman–Crippen LogP) is 12.8. The van der Waals surface area contributed by atoms with Gasteiger partial charge in [0.2, 0.25) is 0 Å². The number of rotatable bonds is 5. The number of benzene rings is 7. The van der Waals surface area contributed by atoms with Gasteiger partial charge in [-0.2, -0.15) is 0 Å². The van der Waals surface area contributed by atoms with E-state index in [2.05, 4.69) is 168 Å². The van der Waals surface area contributed by atoms with Crippen molar-refractivity contribution in [3.8, 4) is 22.6 Å². The van der Waals surface area contributed by atoms with Gasteiger partial charge < -0.3 is 14.5 Å². The normalized spacial score (nSPS) is 12.0. The maximum Gasteiger partial charge on any atom is 0.153 e. The van der Waals surface area contributed by atoms with Crippen molar-refractivity contribution in [1.82, 2.24) is 0 Å². The van der Waals surface area contributed by atoms with Crippen LogP contribution in [0.5, 0.6) is 11.5 Å². The number of para-hydroxylation sites is 3. The Morgan fingerprint density at radius 2 is 1.07 bits per heavy atom. The molecule has 0 saturated heterocycles. The summed E-state index contributed by atoms with van der Waals surface area (Å²) in [6, 6.07) is 60.0. The van der Waals surface area contributed by atoms with Crippen LogP contribution >= 0.6 is 11.3 Å². The summed E-state index contributed by atoms with van der Waals surface area (Å²) in [5.74, 6) is 1.65. The van der Waals surface area contributed by atoms with Crippen molar-refractivity contribution >= 4 is 65.6 Å². The third-order valence-electron chi connectivity index (χ3n) is 8.64. The van der Waals surface area contributed by atoms with Crippen molar-refractivity contribution in [3.05, 3.63) is 170 Å². The molecule has 7 aromatic carbocycles. The first-order valence-electron chi connectivity index (χ1n) is 15.4. The molecule has 4 heteroatoms. The van der Waals surface area contributed by atoms with Crippen molar-refractivity contribution in [3.63, 3.8) is 0 Å². The van der Waals surface area contributed by atoms with Crippen LogP contribution in [0.2, 0.25) is 0 Å². The van der Waals surface area contributed by atoms with E-state index in [4.69, 9.17) is 4.74 Å². The minimum atomic E-state index is 0.814. The number of fused-ring (bicyclic) bond motifs is 5. The second-order valence-corrected chi connectivity index (χ2v) is 12.5. The van der Waals surface area contributed by atoms with E-state index < -0.39 is 0 Å². The van der Waals surface area contributed by atoms with Crippen molar-refractivity contribution in [2.45, 2.75) is 0 Å². The second-order valence-electron chi connectivity index (χ2n) is 11.4. The summed E-state index contributed by atoms with van der Waals surface area (Å²) in [4.78, 5) is 4.61. The number of nitrogens with zero attached hydrogens (tertiary/aromatic N) is 2. The maximum absolute atomic E-state index is 6.64. The highest BCUT2D eigenvalue weighted by atomic mass is 32.1. The summed E-state index contributed by atoms with van der Waals surface area (Å²) >= 11 is 1.84. The predicted molar refractivity (Wildman–Crippen MR) is 194 cm³/mol. The average Bonchev–Trinajstić information content (AvgIpc) is 3.50. The molecule has 0 aliphatic carbocycles. The molecule has 1 aliphatic heterocycles. The Morgan fingerprint density at radius 3 is 1.91 bits per heavy atom. The van der Waals surface area contributed by atoms with Gasteiger partial charge in [-0.3, -0.25) is 0 Å². The third-order valence-corrected chi connectivity index (χ3v) is 9.77. The van der Waals surface area contributed by atoms with Crippen LogP contribution in [0, 0.1) is 0 Å². The fraction of sp³-hybridized carbons (Fsp3) is 0. The molecule has 2 heterocycles. The Hall–Kier alpha value is -5.84. The summed E-state index contributed by atoms with van der Waals surface area (Å²) in [6.07, 6.45) is 0. The number of ether oxygens (including phenoxy) is 1. The highest BCUT2D eigenvalue weighted by Crippen LogP contribution is 2.53. The van der Waals surface area contributed by atoms with Gasteiger partial charge in [0.05, 0.1) is 11.4 Å². The smallest absolute Gasteiger partial charge is 0.153 e. The highest BCUT2D eigenvalue weighted by molar-refractivity contribution is 7.25. The van der Waals surface area contributed by atoms with Gasteiger partial charge in [-0.05, 0) is 77.9 Å². The maximum atomic E-state index is 6.64. The zero-order valence-electron chi connectivity index (χ0n) is 24.9. The number of hydrogen-bond acceptors (Lipinski definition) is 4. The van der Waals surface area contributed by atoms with Gasteiger partial charge in [0.1, 0.15) is 0 Å². The van der Waals surface area contributed by atoms with Crippen LogP contribution in [-0.4, -0.2) is 0 Å². The van der Waals surface area contributed by atoms with Crippen LogP contribution in [0.4, 0.5) is 34.1 Å². The van der Waals surface area contributed by atoms with E-state index in [1.807, 2.05) is 23.5 Å². The Bertz CT molecular complexity index is 2350. The fourth-order valence-electron chi connectivity index (χ4n) is 6.47. The SMILES string of the molecule is c1ccc(-c2ccc(N(c3ccccc3)c3ccc4c(c3)Oc3ccccc3N4c3ccc4c(c3)sc3ccccc34)cc2)cc1. The van der Waals surface area contributed by atoms with Gasteiger partial charge >= 0.3 is 0 Å². The van der Waals surface area contributed by atoms with Crippen LogP contribution in [0.1, 0.15) is 0 Å². The molecular weight excluding hydrogens is 581 g/mol. The summed E-state index contributed by atoms with van der Waals surface area (Å²) in [6.45, 7) is 0. The van der Waals surface area contributed by atoms with E-state index in [1.54, 1.807) is 0 Å². The quantitative estimate of drug-likeness (QED) is 0.193. The molecule has 0 saturated carbocycles. The van der Waals surface area contributed by atoms with Crippen molar-refractivity contribution < 1.29 is 4.74 Å². The van der Waals surface area contributed by atoms with Crippen molar-refractivity contribution in [2.75, 3.05) is 9.80 Å². The van der Waals surface area contributed by atoms with E-state index in [-0.39, 0.29) is 0 Å². The zero-order valence-corrected chi connectivity index (χ0v) is 25.7. The average molecular weight is 609 g/mol. The van der Waals surface area contributed by atoms with Crippen LogP contribution < -0.4 is 14.5 Å². The molecule has 0 atom stereocenters. The summed E-state index contributed by atoms with van der Waals surface area (Å²) in [5.41, 5.74) is 8.73. The molecule has 0 bridgehead atoms. The zero-order chi connectivity index (χ0) is 30.5. The summed E-state index contributed by atoms with van der Waals surface area (Å²) < 4.78 is 9.22. The lowest BCUT2D eigenvalue weighted by Gasteiger charge is -2.34. The highest BCUT2D eigenvalue weighted by Gasteiger charge is 2.27. The molecule has 0 N–H and O–H groups in total. The lowest BCUT2D eigenvalue weighted by molar-refractivity contribution is 0.477. The van der Waals surface area contributed by atoms with E-state index in [0.717, 1.165) is 45.6 Å². The molecule has 8 aromatic rings. The fourth-order valence-corrected chi connectivity index (χ4v) is 7.61. The van der Waals surface area contributed by atoms with E-state index in [1.165, 1.54) is 31.3 Å². The first-order valence-corrected chi connectivity index (χ1v) is 16.2. The molecule has 1 aromatic heterocycles. The number of anilines is 6. The van der Waals surface area contributed by atoms with Gasteiger partial charge in [0, 0.05) is 49.0 Å². The Balaban J connectivity index is 1.16. The van der Waals surface area contributed by atoms with Crippen molar-refractivity contribution in [2.24, 2.45) is 0 Å². The van der Waals surface area contributed by atoms with Crippen LogP contribution in [-0.2, 0) is 0 Å². The molecule has 1 aliphatic rings. The van der Waals surface area contributed by atoms with Crippen molar-refractivity contribution in [1.29, 1.82) is 0 Å². The molecule has 9 rings (SSSR count). The molecule has 0 amide bonds. The third kappa shape index (κ3) is 4.50. The Kier molecular flexibility index (Phi) is 6.32. The first kappa shape index (κ1) is 26.6. The van der Waals surface area contributed by atoms with Gasteiger partial charge in [-0.1, -0.05) is 97.1 Å². The minimum Gasteiger partial charge on any atom is -0.453 e. The lowest BCUT2D eigenvalue weighted by Crippen LogP contribution is -2.16. The molecule has 0 fully saturated rings. The molecule has 218 valence electrons. The standard InChI is InChI=1S/C42H28N2OS/c1-3-11-29(12-4-1)30-19-21-32(22-20-30)43(31-13-5-2-6-14-31)33-24-26-38-40(27-33)45-39-17-9-8-16-37(39)44(38)34-23-25-36-35-15-7-10-18-41(35)46-42(36)28-34/h1-28H. The van der Waals surface area contributed by atoms with Crippen LogP contribution in [0.25, 0.3) is 31.3 Å². The second kappa shape index (κ2) is 11.0. The summed E-state index contributed by atoms with van der Waals surface area (Å²) in [7, 11) is 0. The lowest BCUT2D eigenvalue weighted by atomic mass is 10.0. The molecular formula is C42H28N2OS. The Morgan fingerprint density at radius 1 is 0.435 bits per heavy atom. The monoisotopic (exact) mass is 608 g/mol. The largest absolute Gasteiger partial charge is 0.453 e. The number of thiophene rings is 1. The Labute approximate surface area is 271 Å². The van der Waals surface area contributed by atoms with E-state index in [0.29, 0.717) is 0 Å². The minimum absolute atomic E-state index is 0.814. The number of hydrogen-bond donors (Lipinski definition) is 0. The first-order chi connectivity index (χ1) is 22.8. The van der Waals surface area contributed by atoms with Gasteiger partial charge in [0.15, 0.2) is 11.5 Å². The molecule has 0 unspecified atom stereocenters. The van der Waals surface area contributed by atoms with Crippen LogP contribution in [0.3, 0.4) is 0 Å². The molecule has 0 radical (unpaired) electrons. The van der Waals surface area contributed by atoms with E-state index in [9.17, 15) is 0 Å². The molecule has 0 spiro atoms. The van der Waals surface area contributed by atoms with Gasteiger partial charge in [-0.15, -0.1) is 11.3 Å². The van der Waals surface area contributed by atoms with Gasteiger partial charge in [0.25, 0.3) is 0 Å². The molecule has 3 nitrogen and oxygen atoms in total. The summed E-state index contributed by atoms with van der Waals surface area (Å²) in [5, 5.41) is 2.59. The topological polar surface area (TPSA) is 15.7 Å². The molecule has 46 heavy (non-hydrogen) atoms.